The van der Waals surface area contributed by atoms with Gasteiger partial charge in [0.2, 0.25) is 5.91 Å². The van der Waals surface area contributed by atoms with Crippen molar-refractivity contribution < 1.29 is 9.59 Å². The van der Waals surface area contributed by atoms with Crippen LogP contribution in [0.15, 0.2) is 84.5 Å². The maximum Gasteiger partial charge on any atom is 0.251 e. The second-order valence-corrected chi connectivity index (χ2v) is 8.38. The van der Waals surface area contributed by atoms with Gasteiger partial charge in [0, 0.05) is 41.9 Å². The molecule has 2 amide bonds. The standard InChI is InChI=1S/C26H24N4O2S/c31-24(28-14-4-7-25-30-23(18-33-25)21-12-15-27-16-13-21)17-29-26(32)22-10-8-20(9-11-22)19-5-2-1-3-6-19/h1-3,5-6,8-13,15-16,18H,4,7,14,17H2,(H,28,31)(H,29,32). The van der Waals surface area contributed by atoms with E-state index in [-0.39, 0.29) is 18.4 Å². The summed E-state index contributed by atoms with van der Waals surface area (Å²) >= 11 is 1.61. The summed E-state index contributed by atoms with van der Waals surface area (Å²) < 4.78 is 0. The Morgan fingerprint density at radius 2 is 1.55 bits per heavy atom. The zero-order chi connectivity index (χ0) is 22.9. The molecule has 0 aliphatic heterocycles. The zero-order valence-electron chi connectivity index (χ0n) is 18.0. The topological polar surface area (TPSA) is 84.0 Å². The van der Waals surface area contributed by atoms with Crippen LogP contribution in [0.5, 0.6) is 0 Å². The van der Waals surface area contributed by atoms with Gasteiger partial charge < -0.3 is 10.6 Å². The molecule has 0 bridgehead atoms. The normalized spacial score (nSPS) is 10.5. The average molecular weight is 457 g/mol. The number of carbonyl (C=O) groups is 2. The van der Waals surface area contributed by atoms with Crippen molar-refractivity contribution in [2.75, 3.05) is 13.1 Å². The lowest BCUT2D eigenvalue weighted by molar-refractivity contribution is -0.120. The van der Waals surface area contributed by atoms with Crippen LogP contribution >= 0.6 is 11.3 Å². The van der Waals surface area contributed by atoms with E-state index in [9.17, 15) is 9.59 Å². The van der Waals surface area contributed by atoms with Gasteiger partial charge in [-0.25, -0.2) is 4.98 Å². The van der Waals surface area contributed by atoms with Crippen molar-refractivity contribution in [3.63, 3.8) is 0 Å². The molecule has 0 saturated heterocycles. The summed E-state index contributed by atoms with van der Waals surface area (Å²) in [6.45, 7) is 0.480. The van der Waals surface area contributed by atoms with E-state index < -0.39 is 0 Å². The number of amides is 2. The van der Waals surface area contributed by atoms with Crippen molar-refractivity contribution in [2.24, 2.45) is 0 Å². The molecule has 6 nitrogen and oxygen atoms in total. The molecular formula is C26H24N4O2S. The molecule has 2 aromatic heterocycles. The van der Waals surface area contributed by atoms with Crippen LogP contribution in [-0.4, -0.2) is 34.9 Å². The minimum Gasteiger partial charge on any atom is -0.355 e. The first-order valence-corrected chi connectivity index (χ1v) is 11.6. The van der Waals surface area contributed by atoms with E-state index >= 15 is 0 Å². The minimum absolute atomic E-state index is 0.0529. The number of hydrogen-bond donors (Lipinski definition) is 2. The van der Waals surface area contributed by atoms with Gasteiger partial charge >= 0.3 is 0 Å². The van der Waals surface area contributed by atoms with Crippen LogP contribution in [0, 0.1) is 0 Å². The summed E-state index contributed by atoms with van der Waals surface area (Å²) in [5, 5.41) is 8.58. The molecular weight excluding hydrogens is 432 g/mol. The predicted octanol–water partition coefficient (Wildman–Crippen LogP) is 4.35. The monoisotopic (exact) mass is 456 g/mol. The van der Waals surface area contributed by atoms with Gasteiger partial charge in [-0.15, -0.1) is 11.3 Å². The van der Waals surface area contributed by atoms with E-state index in [0.717, 1.165) is 40.2 Å². The van der Waals surface area contributed by atoms with Crippen molar-refractivity contribution in [1.82, 2.24) is 20.6 Å². The van der Waals surface area contributed by atoms with E-state index in [1.165, 1.54) is 0 Å². The van der Waals surface area contributed by atoms with Crippen molar-refractivity contribution in [3.8, 4) is 22.4 Å². The Bertz CT molecular complexity index is 1190. The molecule has 2 heterocycles. The van der Waals surface area contributed by atoms with E-state index in [1.807, 2.05) is 60.0 Å². The fourth-order valence-corrected chi connectivity index (χ4v) is 4.17. The van der Waals surface area contributed by atoms with Crippen LogP contribution < -0.4 is 10.6 Å². The SMILES string of the molecule is O=C(CNC(=O)c1ccc(-c2ccccc2)cc1)NCCCc1nc(-c2ccncc2)cs1. The first-order valence-electron chi connectivity index (χ1n) is 10.7. The summed E-state index contributed by atoms with van der Waals surface area (Å²) in [6.07, 6.45) is 5.07. The maximum atomic E-state index is 12.3. The van der Waals surface area contributed by atoms with Gasteiger partial charge in [0.25, 0.3) is 5.91 Å². The number of rotatable bonds is 9. The lowest BCUT2D eigenvalue weighted by Crippen LogP contribution is -2.37. The van der Waals surface area contributed by atoms with Crippen LogP contribution in [0.4, 0.5) is 0 Å². The molecule has 166 valence electrons. The lowest BCUT2D eigenvalue weighted by Gasteiger charge is -2.07. The second kappa shape index (κ2) is 11.2. The Morgan fingerprint density at radius 1 is 0.818 bits per heavy atom. The molecule has 7 heteroatoms. The lowest BCUT2D eigenvalue weighted by atomic mass is 10.0. The quantitative estimate of drug-likeness (QED) is 0.367. The highest BCUT2D eigenvalue weighted by Gasteiger charge is 2.09. The Labute approximate surface area is 196 Å². The molecule has 2 aromatic carbocycles. The number of aryl methyl sites for hydroxylation is 1. The molecule has 4 aromatic rings. The molecule has 33 heavy (non-hydrogen) atoms. The number of thiazole rings is 1. The summed E-state index contributed by atoms with van der Waals surface area (Å²) in [7, 11) is 0. The zero-order valence-corrected chi connectivity index (χ0v) is 18.8. The van der Waals surface area contributed by atoms with Crippen LogP contribution in [0.25, 0.3) is 22.4 Å². The van der Waals surface area contributed by atoms with Gasteiger partial charge in [0.1, 0.15) is 0 Å². The molecule has 0 spiro atoms. The Hall–Kier alpha value is -3.84. The Morgan fingerprint density at radius 3 is 2.30 bits per heavy atom. The number of hydrogen-bond acceptors (Lipinski definition) is 5. The number of pyridine rings is 1. The van der Waals surface area contributed by atoms with Gasteiger partial charge in [-0.2, -0.15) is 0 Å². The Kier molecular flexibility index (Phi) is 7.56. The van der Waals surface area contributed by atoms with Gasteiger partial charge in [0.15, 0.2) is 0 Å². The Balaban J connectivity index is 1.16. The van der Waals surface area contributed by atoms with E-state index in [0.29, 0.717) is 12.1 Å². The van der Waals surface area contributed by atoms with Gasteiger partial charge in [-0.3, -0.25) is 14.6 Å². The third-order valence-corrected chi connectivity index (χ3v) is 5.99. The van der Waals surface area contributed by atoms with Crippen molar-refractivity contribution in [1.29, 1.82) is 0 Å². The molecule has 0 fully saturated rings. The van der Waals surface area contributed by atoms with E-state index in [2.05, 4.69) is 20.6 Å². The average Bonchev–Trinajstić information content (AvgIpc) is 3.35. The summed E-state index contributed by atoms with van der Waals surface area (Å²) in [6, 6.07) is 21.2. The number of carbonyl (C=O) groups excluding carboxylic acids is 2. The van der Waals surface area contributed by atoms with Gasteiger partial charge in [-0.05, 0) is 41.8 Å². The minimum atomic E-state index is -0.267. The van der Waals surface area contributed by atoms with E-state index in [1.54, 1.807) is 35.9 Å². The summed E-state index contributed by atoms with van der Waals surface area (Å²) in [5.74, 6) is -0.475. The molecule has 0 atom stereocenters. The molecule has 0 unspecified atom stereocenters. The number of nitrogens with one attached hydrogen (secondary N) is 2. The van der Waals surface area contributed by atoms with Crippen molar-refractivity contribution >= 4 is 23.2 Å². The highest BCUT2D eigenvalue weighted by Crippen LogP contribution is 2.22. The van der Waals surface area contributed by atoms with Crippen molar-refractivity contribution in [3.05, 3.63) is 95.1 Å². The smallest absolute Gasteiger partial charge is 0.251 e. The summed E-state index contributed by atoms with van der Waals surface area (Å²) in [4.78, 5) is 33.1. The largest absolute Gasteiger partial charge is 0.355 e. The second-order valence-electron chi connectivity index (χ2n) is 7.44. The molecule has 2 N–H and O–H groups in total. The molecule has 4 rings (SSSR count). The molecule has 0 saturated carbocycles. The third-order valence-electron chi connectivity index (χ3n) is 5.08. The molecule has 0 aliphatic rings. The van der Waals surface area contributed by atoms with E-state index in [4.69, 9.17) is 0 Å². The maximum absolute atomic E-state index is 12.3. The molecule has 0 radical (unpaired) electrons. The highest BCUT2D eigenvalue weighted by atomic mass is 32.1. The van der Waals surface area contributed by atoms with Gasteiger partial charge in [-0.1, -0.05) is 42.5 Å². The highest BCUT2D eigenvalue weighted by molar-refractivity contribution is 7.09. The predicted molar refractivity (Wildman–Crippen MR) is 131 cm³/mol. The first-order chi connectivity index (χ1) is 16.2. The van der Waals surface area contributed by atoms with Crippen LogP contribution in [0.2, 0.25) is 0 Å². The number of nitrogens with zero attached hydrogens (tertiary/aromatic N) is 2. The van der Waals surface area contributed by atoms with Crippen LogP contribution in [-0.2, 0) is 11.2 Å². The number of benzene rings is 2. The van der Waals surface area contributed by atoms with Crippen molar-refractivity contribution in [2.45, 2.75) is 12.8 Å². The number of aromatic nitrogens is 2. The summed E-state index contributed by atoms with van der Waals surface area (Å²) in [5.41, 5.74) is 4.65. The van der Waals surface area contributed by atoms with Gasteiger partial charge in [0.05, 0.1) is 17.2 Å². The first kappa shape index (κ1) is 22.4. The fourth-order valence-electron chi connectivity index (χ4n) is 3.32. The van der Waals surface area contributed by atoms with Crippen LogP contribution in [0.1, 0.15) is 21.8 Å². The third kappa shape index (κ3) is 6.33. The molecule has 0 aliphatic carbocycles. The fraction of sp³-hybridized carbons (Fsp3) is 0.154. The van der Waals surface area contributed by atoms with Crippen LogP contribution in [0.3, 0.4) is 0 Å².